The molecule has 0 saturated carbocycles. The van der Waals surface area contributed by atoms with Crippen molar-refractivity contribution in [1.29, 1.82) is 0 Å². The number of rotatable bonds is 7. The fourth-order valence-electron chi connectivity index (χ4n) is 4.61. The van der Waals surface area contributed by atoms with Crippen LogP contribution >= 0.6 is 11.3 Å². The Morgan fingerprint density at radius 2 is 1.88 bits per heavy atom. The molecule has 1 aliphatic rings. The molecule has 9 nitrogen and oxygen atoms in total. The van der Waals surface area contributed by atoms with Gasteiger partial charge < -0.3 is 14.4 Å². The standard InChI is InChI=1S/C30H35N5O4S/c1-18(2)38-25-15-12-19(16-23(25)31-6)27-32-33-28(40-27)22-11-9-10-21-20(22)13-14-24(21)35(17-26(36)34(7)8)29(37)39-30(3,4)5/h9-12,15-16,18,24H,13-14,17H2,1-5,7-8H3/t24-/m0/s1. The summed E-state index contributed by atoms with van der Waals surface area (Å²) in [7, 11) is 3.35. The second-order valence-corrected chi connectivity index (χ2v) is 12.2. The lowest BCUT2D eigenvalue weighted by molar-refractivity contribution is -0.130. The van der Waals surface area contributed by atoms with Crippen molar-refractivity contribution in [3.8, 4) is 26.9 Å². The maximum absolute atomic E-state index is 13.2. The first kappa shape index (κ1) is 29.0. The molecular weight excluding hydrogens is 526 g/mol. The van der Waals surface area contributed by atoms with Gasteiger partial charge in [-0.15, -0.1) is 10.2 Å². The van der Waals surface area contributed by atoms with Gasteiger partial charge in [0.2, 0.25) is 11.6 Å². The van der Waals surface area contributed by atoms with E-state index >= 15 is 0 Å². The van der Waals surface area contributed by atoms with Crippen molar-refractivity contribution in [3.63, 3.8) is 0 Å². The molecule has 0 fully saturated rings. The molecule has 0 N–H and O–H groups in total. The quantitative estimate of drug-likeness (QED) is 0.305. The molecule has 1 heterocycles. The third-order valence-corrected chi connectivity index (χ3v) is 7.40. The van der Waals surface area contributed by atoms with E-state index in [0.717, 1.165) is 33.7 Å². The molecule has 0 radical (unpaired) electrons. The van der Waals surface area contributed by atoms with Gasteiger partial charge in [0.15, 0.2) is 0 Å². The van der Waals surface area contributed by atoms with E-state index in [2.05, 4.69) is 15.0 Å². The van der Waals surface area contributed by atoms with Gasteiger partial charge in [0.05, 0.1) is 18.7 Å². The van der Waals surface area contributed by atoms with Gasteiger partial charge in [-0.05, 0) is 70.7 Å². The van der Waals surface area contributed by atoms with Gasteiger partial charge in [-0.1, -0.05) is 35.6 Å². The minimum absolute atomic E-state index is 0.0317. The Hall–Kier alpha value is -3.97. The monoisotopic (exact) mass is 561 g/mol. The lowest BCUT2D eigenvalue weighted by atomic mass is 10.0. The van der Waals surface area contributed by atoms with Gasteiger partial charge in [0.25, 0.3) is 0 Å². The molecule has 3 aromatic rings. The average Bonchev–Trinajstić information content (AvgIpc) is 3.53. The number of ether oxygens (including phenoxy) is 2. The summed E-state index contributed by atoms with van der Waals surface area (Å²) in [5.41, 5.74) is 3.57. The van der Waals surface area contributed by atoms with Crippen molar-refractivity contribution in [1.82, 2.24) is 20.0 Å². The maximum Gasteiger partial charge on any atom is 0.411 e. The van der Waals surface area contributed by atoms with Gasteiger partial charge in [0.1, 0.15) is 27.9 Å². The van der Waals surface area contributed by atoms with Crippen LogP contribution in [0.2, 0.25) is 0 Å². The number of amides is 2. The van der Waals surface area contributed by atoms with Crippen LogP contribution < -0.4 is 4.74 Å². The van der Waals surface area contributed by atoms with Crippen LogP contribution in [0.1, 0.15) is 58.2 Å². The van der Waals surface area contributed by atoms with E-state index in [9.17, 15) is 9.59 Å². The van der Waals surface area contributed by atoms with Crippen LogP contribution in [0.4, 0.5) is 10.5 Å². The number of carbonyl (C=O) groups is 2. The van der Waals surface area contributed by atoms with Crippen molar-refractivity contribution in [2.24, 2.45) is 0 Å². The lowest BCUT2D eigenvalue weighted by Gasteiger charge is -2.32. The molecule has 210 valence electrons. The van der Waals surface area contributed by atoms with E-state index in [1.165, 1.54) is 16.2 Å². The molecule has 1 aliphatic carbocycles. The molecule has 0 saturated heterocycles. The maximum atomic E-state index is 13.2. The number of carbonyl (C=O) groups excluding carboxylic acids is 2. The van der Waals surface area contributed by atoms with Gasteiger partial charge in [-0.2, -0.15) is 0 Å². The van der Waals surface area contributed by atoms with Crippen molar-refractivity contribution in [2.75, 3.05) is 20.6 Å². The first-order valence-electron chi connectivity index (χ1n) is 13.2. The fourth-order valence-corrected chi connectivity index (χ4v) is 5.50. The molecule has 1 atom stereocenters. The van der Waals surface area contributed by atoms with Gasteiger partial charge >= 0.3 is 6.09 Å². The topological polar surface area (TPSA) is 89.2 Å². The summed E-state index contributed by atoms with van der Waals surface area (Å²) in [6.45, 7) is 16.8. The highest BCUT2D eigenvalue weighted by Gasteiger charge is 2.36. The van der Waals surface area contributed by atoms with Crippen molar-refractivity contribution in [2.45, 2.75) is 65.2 Å². The largest absolute Gasteiger partial charge is 0.502 e. The van der Waals surface area contributed by atoms with E-state index in [0.29, 0.717) is 22.9 Å². The number of aromatic nitrogens is 2. The molecule has 2 aromatic carbocycles. The zero-order valence-electron chi connectivity index (χ0n) is 24.0. The number of likely N-dealkylation sites (N-methyl/N-ethyl adjacent to an activating group) is 1. The Kier molecular flexibility index (Phi) is 8.45. The Bertz CT molecular complexity index is 1450. The van der Waals surface area contributed by atoms with Crippen LogP contribution in [0.5, 0.6) is 5.75 Å². The summed E-state index contributed by atoms with van der Waals surface area (Å²) >= 11 is 1.45. The fraction of sp³-hybridized carbons (Fsp3) is 0.433. The van der Waals surface area contributed by atoms with Gasteiger partial charge in [-0.25, -0.2) is 9.64 Å². The van der Waals surface area contributed by atoms with Crippen LogP contribution in [0.15, 0.2) is 36.4 Å². The molecule has 0 aliphatic heterocycles. The normalized spacial score (nSPS) is 14.4. The Morgan fingerprint density at radius 3 is 2.52 bits per heavy atom. The highest BCUT2D eigenvalue weighted by molar-refractivity contribution is 7.17. The first-order valence-corrected chi connectivity index (χ1v) is 14.0. The number of fused-ring (bicyclic) bond motifs is 1. The summed E-state index contributed by atoms with van der Waals surface area (Å²) in [5, 5.41) is 10.4. The average molecular weight is 562 g/mol. The summed E-state index contributed by atoms with van der Waals surface area (Å²) in [4.78, 5) is 32.6. The predicted molar refractivity (Wildman–Crippen MR) is 156 cm³/mol. The summed E-state index contributed by atoms with van der Waals surface area (Å²) in [6.07, 6.45) is 0.855. The molecule has 2 amide bonds. The molecule has 0 unspecified atom stereocenters. The van der Waals surface area contributed by atoms with E-state index < -0.39 is 11.7 Å². The Morgan fingerprint density at radius 1 is 1.15 bits per heavy atom. The Labute approximate surface area is 239 Å². The zero-order chi connectivity index (χ0) is 29.2. The smallest absolute Gasteiger partial charge is 0.411 e. The van der Waals surface area contributed by atoms with Crippen LogP contribution in [0.25, 0.3) is 26.0 Å². The third kappa shape index (κ3) is 6.42. The summed E-state index contributed by atoms with van der Waals surface area (Å²) < 4.78 is 11.4. The van der Waals surface area contributed by atoms with Gasteiger partial charge in [-0.3, -0.25) is 9.69 Å². The van der Waals surface area contributed by atoms with E-state index in [1.807, 2.05) is 58.9 Å². The van der Waals surface area contributed by atoms with E-state index in [4.69, 9.17) is 16.0 Å². The molecule has 0 bridgehead atoms. The summed E-state index contributed by atoms with van der Waals surface area (Å²) in [6, 6.07) is 11.1. The second kappa shape index (κ2) is 11.6. The van der Waals surface area contributed by atoms with Crippen LogP contribution in [0.3, 0.4) is 0 Å². The number of nitrogens with zero attached hydrogens (tertiary/aromatic N) is 5. The molecule has 0 spiro atoms. The molecule has 4 rings (SSSR count). The van der Waals surface area contributed by atoms with Crippen LogP contribution in [0, 0.1) is 6.57 Å². The first-order chi connectivity index (χ1) is 18.9. The highest BCUT2D eigenvalue weighted by Crippen LogP contribution is 2.43. The minimum atomic E-state index is -0.686. The van der Waals surface area contributed by atoms with Crippen molar-refractivity contribution in [3.05, 3.63) is 58.9 Å². The van der Waals surface area contributed by atoms with Crippen LogP contribution in [-0.2, 0) is 16.0 Å². The SMILES string of the molecule is [C-]#[N+]c1cc(-c2nnc(-c3cccc4c3CC[C@@H]4N(CC(=O)N(C)C)C(=O)OC(C)(C)C)s2)ccc1OC(C)C. The molecule has 10 heteroatoms. The molecular formula is C30H35N5O4S. The second-order valence-electron chi connectivity index (χ2n) is 11.2. The number of hydrogen-bond acceptors (Lipinski definition) is 7. The lowest BCUT2D eigenvalue weighted by Crippen LogP contribution is -2.44. The number of benzene rings is 2. The van der Waals surface area contributed by atoms with Crippen molar-refractivity contribution < 1.29 is 19.1 Å². The summed E-state index contributed by atoms with van der Waals surface area (Å²) in [5.74, 6) is 0.375. The molecule has 1 aromatic heterocycles. The number of hydrogen-bond donors (Lipinski definition) is 0. The van der Waals surface area contributed by atoms with E-state index in [-0.39, 0.29) is 24.6 Å². The third-order valence-electron chi connectivity index (χ3n) is 6.39. The van der Waals surface area contributed by atoms with E-state index in [1.54, 1.807) is 31.1 Å². The highest BCUT2D eigenvalue weighted by atomic mass is 32.1. The van der Waals surface area contributed by atoms with Crippen molar-refractivity contribution >= 4 is 29.0 Å². The van der Waals surface area contributed by atoms with Gasteiger partial charge in [0, 0.05) is 25.2 Å². The molecule has 40 heavy (non-hydrogen) atoms. The Balaban J connectivity index is 1.66. The van der Waals surface area contributed by atoms with Crippen LogP contribution in [-0.4, -0.2) is 64.3 Å². The predicted octanol–water partition coefficient (Wildman–Crippen LogP) is 6.52. The minimum Gasteiger partial charge on any atom is -0.502 e. The zero-order valence-corrected chi connectivity index (χ0v) is 24.8.